The molecule has 4 aromatic rings. The molecule has 12 heteroatoms. The van der Waals surface area contributed by atoms with Gasteiger partial charge in [0, 0.05) is 5.69 Å². The third kappa shape index (κ3) is 6.11. The van der Waals surface area contributed by atoms with Crippen molar-refractivity contribution in [2.45, 2.75) is 13.8 Å². The number of nitrogens with one attached hydrogen (secondary N) is 3. The number of benzene rings is 2. The number of nitrogens with zero attached hydrogens (tertiary/aromatic N) is 3. The average Bonchev–Trinajstić information content (AvgIpc) is 2.84. The highest BCUT2D eigenvalue weighted by atomic mass is 16.5. The van der Waals surface area contributed by atoms with E-state index in [0.717, 1.165) is 11.6 Å². The zero-order valence-corrected chi connectivity index (χ0v) is 19.4. The third-order valence-electron chi connectivity index (χ3n) is 4.74. The lowest BCUT2D eigenvalue weighted by molar-refractivity contribution is -0.140. The number of esters is 1. The molecule has 184 valence electrons. The smallest absolute Gasteiger partial charge is 0.339 e. The van der Waals surface area contributed by atoms with Crippen LogP contribution >= 0.6 is 0 Å². The summed E-state index contributed by atoms with van der Waals surface area (Å²) in [6.45, 7) is 3.51. The highest BCUT2D eigenvalue weighted by Crippen LogP contribution is 2.27. The molecule has 2 aromatic carbocycles. The summed E-state index contributed by atoms with van der Waals surface area (Å²) in [6, 6.07) is 14.3. The Hall–Kier alpha value is -5.00. The van der Waals surface area contributed by atoms with Crippen LogP contribution in [0.25, 0.3) is 11.0 Å². The molecule has 0 aliphatic carbocycles. The number of urea groups is 1. The monoisotopic (exact) mass is 490 g/mol. The van der Waals surface area contributed by atoms with Gasteiger partial charge in [-0.3, -0.25) is 10.1 Å². The van der Waals surface area contributed by atoms with Crippen LogP contribution in [-0.2, 0) is 9.53 Å². The van der Waals surface area contributed by atoms with Gasteiger partial charge < -0.3 is 24.5 Å². The molecule has 0 aliphatic heterocycles. The summed E-state index contributed by atoms with van der Waals surface area (Å²) in [5.41, 5.74) is 1.14. The third-order valence-corrected chi connectivity index (χ3v) is 4.74. The van der Waals surface area contributed by atoms with Crippen LogP contribution in [0.5, 0.6) is 11.8 Å². The number of carbonyl (C=O) groups excluding carboxylic acids is 2. The van der Waals surface area contributed by atoms with E-state index >= 15 is 0 Å². The van der Waals surface area contributed by atoms with Crippen molar-refractivity contribution in [1.29, 1.82) is 0 Å². The van der Waals surface area contributed by atoms with Crippen LogP contribution in [0.15, 0.2) is 63.8 Å². The summed E-state index contributed by atoms with van der Waals surface area (Å²) in [4.78, 5) is 48.7. The number of amides is 2. The van der Waals surface area contributed by atoms with Gasteiger partial charge in [0.1, 0.15) is 17.9 Å². The van der Waals surface area contributed by atoms with Gasteiger partial charge in [-0.15, -0.1) is 0 Å². The minimum Gasteiger partial charge on any atom is -0.465 e. The van der Waals surface area contributed by atoms with E-state index in [1.165, 1.54) is 0 Å². The van der Waals surface area contributed by atoms with Crippen molar-refractivity contribution in [3.63, 3.8) is 0 Å². The fourth-order valence-corrected chi connectivity index (χ4v) is 3.13. The predicted octanol–water partition coefficient (Wildman–Crippen LogP) is 3.70. The van der Waals surface area contributed by atoms with Gasteiger partial charge in [-0.2, -0.15) is 15.0 Å². The molecule has 0 radical (unpaired) electrons. The topological polar surface area (TPSA) is 158 Å². The first kappa shape index (κ1) is 24.1. The number of anilines is 3. The van der Waals surface area contributed by atoms with E-state index < -0.39 is 17.6 Å². The van der Waals surface area contributed by atoms with E-state index in [-0.39, 0.29) is 36.8 Å². The zero-order valence-electron chi connectivity index (χ0n) is 19.4. The minimum atomic E-state index is -0.630. The molecule has 2 heterocycles. The second kappa shape index (κ2) is 11.0. The molecule has 0 unspecified atom stereocenters. The van der Waals surface area contributed by atoms with Crippen molar-refractivity contribution >= 4 is 40.6 Å². The van der Waals surface area contributed by atoms with Crippen LogP contribution in [0.2, 0.25) is 0 Å². The Kier molecular flexibility index (Phi) is 7.34. The molecule has 2 amide bonds. The molecule has 4 rings (SSSR count). The molecule has 0 bridgehead atoms. The van der Waals surface area contributed by atoms with Crippen LogP contribution in [0, 0.1) is 6.92 Å². The van der Waals surface area contributed by atoms with Gasteiger partial charge >= 0.3 is 23.6 Å². The number of aryl methyl sites for hydroxylation is 1. The Balaban J connectivity index is 1.62. The Bertz CT molecular complexity index is 1470. The van der Waals surface area contributed by atoms with Crippen LogP contribution in [0.4, 0.5) is 22.4 Å². The van der Waals surface area contributed by atoms with Crippen molar-refractivity contribution in [1.82, 2.24) is 15.0 Å². The quantitative estimate of drug-likeness (QED) is 0.246. The van der Waals surface area contributed by atoms with Gasteiger partial charge in [0.25, 0.3) is 0 Å². The summed E-state index contributed by atoms with van der Waals surface area (Å²) in [5.74, 6) is -0.616. The minimum absolute atomic E-state index is 0.0634. The van der Waals surface area contributed by atoms with Crippen molar-refractivity contribution in [3.8, 4) is 11.8 Å². The number of hydrogen-bond acceptors (Lipinski definition) is 10. The van der Waals surface area contributed by atoms with Crippen molar-refractivity contribution < 1.29 is 23.5 Å². The fourth-order valence-electron chi connectivity index (χ4n) is 3.13. The van der Waals surface area contributed by atoms with E-state index in [9.17, 15) is 14.4 Å². The van der Waals surface area contributed by atoms with E-state index in [0.29, 0.717) is 16.7 Å². The number of aromatic nitrogens is 3. The largest absolute Gasteiger partial charge is 0.465 e. The lowest BCUT2D eigenvalue weighted by atomic mass is 10.2. The Morgan fingerprint density at radius 3 is 2.53 bits per heavy atom. The molecule has 0 fully saturated rings. The molecular formula is C24H22N6O6. The maximum atomic E-state index is 12.6. The van der Waals surface area contributed by atoms with Crippen LogP contribution < -0.4 is 26.3 Å². The number of rotatable bonds is 8. The van der Waals surface area contributed by atoms with Crippen molar-refractivity contribution in [3.05, 3.63) is 70.6 Å². The predicted molar refractivity (Wildman–Crippen MR) is 131 cm³/mol. The van der Waals surface area contributed by atoms with Crippen molar-refractivity contribution in [2.24, 2.45) is 0 Å². The fraction of sp³-hybridized carbons (Fsp3) is 0.167. The van der Waals surface area contributed by atoms with Crippen LogP contribution in [0.1, 0.15) is 12.5 Å². The molecule has 2 aromatic heterocycles. The van der Waals surface area contributed by atoms with Gasteiger partial charge in [-0.25, -0.2) is 9.59 Å². The Morgan fingerprint density at radius 1 is 0.972 bits per heavy atom. The zero-order chi connectivity index (χ0) is 25.5. The first-order valence-corrected chi connectivity index (χ1v) is 10.9. The standard InChI is InChI=1S/C24H22N6O6/c1-3-34-20(32)13-25-21-27-22(28-23(33)26-16-10-6-4-8-14(16)2)30-24(29-21)36-18-12-19(31)35-17-11-7-5-9-15(17)18/h4-12H,3,13H2,1-2H3,(H3,25,26,27,28,29,30,33). The van der Waals surface area contributed by atoms with E-state index in [4.69, 9.17) is 13.9 Å². The molecule has 0 saturated heterocycles. The molecule has 0 aliphatic rings. The van der Waals surface area contributed by atoms with E-state index in [1.807, 2.05) is 19.1 Å². The summed E-state index contributed by atoms with van der Waals surface area (Å²) in [5, 5.41) is 8.44. The maximum Gasteiger partial charge on any atom is 0.339 e. The summed E-state index contributed by atoms with van der Waals surface area (Å²) in [7, 11) is 0. The molecule has 0 spiro atoms. The van der Waals surface area contributed by atoms with Gasteiger partial charge in [0.2, 0.25) is 11.9 Å². The molecule has 3 N–H and O–H groups in total. The van der Waals surface area contributed by atoms with Gasteiger partial charge in [-0.05, 0) is 37.6 Å². The number of para-hydroxylation sites is 2. The Labute approximate surface area is 204 Å². The first-order chi connectivity index (χ1) is 17.4. The van der Waals surface area contributed by atoms with Crippen LogP contribution in [-0.4, -0.2) is 40.1 Å². The average molecular weight is 490 g/mol. The first-order valence-electron chi connectivity index (χ1n) is 10.9. The van der Waals surface area contributed by atoms with E-state index in [1.54, 1.807) is 43.3 Å². The van der Waals surface area contributed by atoms with E-state index in [2.05, 4.69) is 30.9 Å². The molecule has 0 atom stereocenters. The second-order valence-corrected chi connectivity index (χ2v) is 7.35. The normalized spacial score (nSPS) is 10.5. The Morgan fingerprint density at radius 2 is 1.72 bits per heavy atom. The lowest BCUT2D eigenvalue weighted by Gasteiger charge is -2.12. The van der Waals surface area contributed by atoms with Gasteiger partial charge in [-0.1, -0.05) is 30.3 Å². The molecule has 12 nitrogen and oxygen atoms in total. The van der Waals surface area contributed by atoms with Crippen molar-refractivity contribution in [2.75, 3.05) is 29.1 Å². The van der Waals surface area contributed by atoms with Gasteiger partial charge in [0.05, 0.1) is 18.1 Å². The summed E-state index contributed by atoms with van der Waals surface area (Å²) < 4.78 is 15.8. The number of fused-ring (bicyclic) bond motifs is 1. The number of hydrogen-bond donors (Lipinski definition) is 3. The second-order valence-electron chi connectivity index (χ2n) is 7.35. The molecule has 0 saturated carbocycles. The molecular weight excluding hydrogens is 468 g/mol. The van der Waals surface area contributed by atoms with Gasteiger partial charge in [0.15, 0.2) is 0 Å². The van der Waals surface area contributed by atoms with Crippen LogP contribution in [0.3, 0.4) is 0 Å². The summed E-state index contributed by atoms with van der Waals surface area (Å²) in [6.07, 6.45) is 0. The molecule has 36 heavy (non-hydrogen) atoms. The number of carbonyl (C=O) groups is 2. The summed E-state index contributed by atoms with van der Waals surface area (Å²) >= 11 is 0. The highest BCUT2D eigenvalue weighted by molar-refractivity contribution is 5.99. The highest BCUT2D eigenvalue weighted by Gasteiger charge is 2.15. The number of ether oxygens (including phenoxy) is 2. The lowest BCUT2D eigenvalue weighted by Crippen LogP contribution is -2.23. The maximum absolute atomic E-state index is 12.6. The SMILES string of the molecule is CCOC(=O)CNc1nc(NC(=O)Nc2ccccc2C)nc(Oc2cc(=O)oc3ccccc23)n1.